The molecule has 0 aromatic heterocycles. The Bertz CT molecular complexity index is 404. The lowest BCUT2D eigenvalue weighted by atomic mass is 10.1. The summed E-state index contributed by atoms with van der Waals surface area (Å²) in [5.41, 5.74) is 7.00. The molecule has 0 bridgehead atoms. The van der Waals surface area contributed by atoms with Crippen molar-refractivity contribution >= 4 is 21.8 Å². The van der Waals surface area contributed by atoms with Crippen LogP contribution in [0.15, 0.2) is 28.7 Å². The van der Waals surface area contributed by atoms with E-state index in [4.69, 9.17) is 5.73 Å². The molecular weight excluding hydrogens is 280 g/mol. The van der Waals surface area contributed by atoms with E-state index in [9.17, 15) is 4.79 Å². The first-order valence-corrected chi connectivity index (χ1v) is 6.71. The zero-order valence-corrected chi connectivity index (χ0v) is 11.2. The molecule has 1 atom stereocenters. The van der Waals surface area contributed by atoms with Gasteiger partial charge in [-0.05, 0) is 36.5 Å². The minimum atomic E-state index is 0.0394. The predicted octanol–water partition coefficient (Wildman–Crippen LogP) is 2.19. The summed E-state index contributed by atoms with van der Waals surface area (Å²) in [4.78, 5) is 11.6. The van der Waals surface area contributed by atoms with Gasteiger partial charge in [-0.15, -0.1) is 0 Å². The number of nitrogens with one attached hydrogen (secondary N) is 1. The Kier molecular flexibility index (Phi) is 4.18. The quantitative estimate of drug-likeness (QED) is 0.875. The zero-order chi connectivity index (χ0) is 12.3. The van der Waals surface area contributed by atoms with E-state index in [0.29, 0.717) is 18.9 Å². The minimum Gasteiger partial charge on any atom is -0.352 e. The largest absolute Gasteiger partial charge is 0.352 e. The van der Waals surface area contributed by atoms with Gasteiger partial charge in [-0.1, -0.05) is 28.1 Å². The van der Waals surface area contributed by atoms with E-state index in [-0.39, 0.29) is 11.9 Å². The molecule has 1 aliphatic carbocycles. The van der Waals surface area contributed by atoms with E-state index in [1.165, 1.54) is 12.8 Å². The van der Waals surface area contributed by atoms with Crippen LogP contribution in [-0.4, -0.2) is 11.9 Å². The van der Waals surface area contributed by atoms with Crippen molar-refractivity contribution in [2.45, 2.75) is 31.8 Å². The summed E-state index contributed by atoms with van der Waals surface area (Å²) in [7, 11) is 0. The maximum atomic E-state index is 11.6. The van der Waals surface area contributed by atoms with Gasteiger partial charge in [-0.3, -0.25) is 4.79 Å². The maximum Gasteiger partial charge on any atom is 0.221 e. The summed E-state index contributed by atoms with van der Waals surface area (Å²) in [5, 5.41) is 2.90. The fraction of sp³-hybridized carbons (Fsp3) is 0.462. The average Bonchev–Trinajstić information content (AvgIpc) is 3.10. The Morgan fingerprint density at radius 3 is 2.94 bits per heavy atom. The molecule has 1 saturated carbocycles. The molecule has 1 fully saturated rings. The highest BCUT2D eigenvalue weighted by atomic mass is 79.9. The SMILES string of the molecule is NC(CC(=O)NCc1cccc(Br)c1)C1CC1. The van der Waals surface area contributed by atoms with Gasteiger partial charge in [-0.2, -0.15) is 0 Å². The molecule has 1 aromatic rings. The summed E-state index contributed by atoms with van der Waals surface area (Å²) in [6.07, 6.45) is 2.80. The van der Waals surface area contributed by atoms with Crippen LogP contribution in [0.5, 0.6) is 0 Å². The second-order valence-corrected chi connectivity index (χ2v) is 5.53. The highest BCUT2D eigenvalue weighted by Crippen LogP contribution is 2.32. The van der Waals surface area contributed by atoms with Crippen molar-refractivity contribution in [1.29, 1.82) is 0 Å². The maximum absolute atomic E-state index is 11.6. The summed E-state index contributed by atoms with van der Waals surface area (Å²) < 4.78 is 1.03. The molecule has 0 spiro atoms. The average molecular weight is 297 g/mol. The van der Waals surface area contributed by atoms with Gasteiger partial charge < -0.3 is 11.1 Å². The lowest BCUT2D eigenvalue weighted by Crippen LogP contribution is -2.32. The molecule has 1 unspecified atom stereocenters. The molecular formula is C13H17BrN2O. The van der Waals surface area contributed by atoms with Crippen molar-refractivity contribution in [3.05, 3.63) is 34.3 Å². The third-order valence-corrected chi connectivity index (χ3v) is 3.52. The minimum absolute atomic E-state index is 0.0394. The van der Waals surface area contributed by atoms with Gasteiger partial charge in [0.2, 0.25) is 5.91 Å². The number of amides is 1. The molecule has 0 aliphatic heterocycles. The molecule has 1 amide bonds. The molecule has 3 N–H and O–H groups in total. The molecule has 17 heavy (non-hydrogen) atoms. The fourth-order valence-corrected chi connectivity index (χ4v) is 2.27. The number of halogens is 1. The third-order valence-electron chi connectivity index (χ3n) is 3.03. The second kappa shape index (κ2) is 5.65. The van der Waals surface area contributed by atoms with Gasteiger partial charge in [0.15, 0.2) is 0 Å². The molecule has 2 rings (SSSR count). The van der Waals surface area contributed by atoms with Crippen LogP contribution < -0.4 is 11.1 Å². The molecule has 1 aromatic carbocycles. The number of carbonyl (C=O) groups is 1. The van der Waals surface area contributed by atoms with Crippen LogP contribution in [0, 0.1) is 5.92 Å². The van der Waals surface area contributed by atoms with Crippen LogP contribution in [-0.2, 0) is 11.3 Å². The number of nitrogens with two attached hydrogens (primary N) is 1. The van der Waals surface area contributed by atoms with Crippen LogP contribution in [0.3, 0.4) is 0 Å². The van der Waals surface area contributed by atoms with Crippen molar-refractivity contribution in [2.24, 2.45) is 11.7 Å². The van der Waals surface area contributed by atoms with Crippen molar-refractivity contribution in [3.8, 4) is 0 Å². The number of benzene rings is 1. The van der Waals surface area contributed by atoms with Gasteiger partial charge in [-0.25, -0.2) is 0 Å². The number of carbonyl (C=O) groups excluding carboxylic acids is 1. The van der Waals surface area contributed by atoms with Crippen LogP contribution in [0.4, 0.5) is 0 Å². The number of hydrogen-bond donors (Lipinski definition) is 2. The number of rotatable bonds is 5. The van der Waals surface area contributed by atoms with E-state index in [2.05, 4.69) is 21.2 Å². The van der Waals surface area contributed by atoms with E-state index < -0.39 is 0 Å². The molecule has 3 nitrogen and oxygen atoms in total. The van der Waals surface area contributed by atoms with Crippen LogP contribution in [0.2, 0.25) is 0 Å². The monoisotopic (exact) mass is 296 g/mol. The van der Waals surface area contributed by atoms with Gasteiger partial charge in [0.25, 0.3) is 0 Å². The van der Waals surface area contributed by atoms with Crippen LogP contribution >= 0.6 is 15.9 Å². The van der Waals surface area contributed by atoms with Crippen molar-refractivity contribution in [3.63, 3.8) is 0 Å². The Labute approximate surface area is 110 Å². The molecule has 4 heteroatoms. The first kappa shape index (κ1) is 12.6. The predicted molar refractivity (Wildman–Crippen MR) is 71.3 cm³/mol. The summed E-state index contributed by atoms with van der Waals surface area (Å²) in [6, 6.07) is 7.96. The Morgan fingerprint density at radius 2 is 2.29 bits per heavy atom. The third kappa shape index (κ3) is 4.13. The van der Waals surface area contributed by atoms with Gasteiger partial charge in [0.1, 0.15) is 0 Å². The smallest absolute Gasteiger partial charge is 0.221 e. The van der Waals surface area contributed by atoms with Crippen molar-refractivity contribution < 1.29 is 4.79 Å². The van der Waals surface area contributed by atoms with E-state index in [0.717, 1.165) is 10.0 Å². The highest BCUT2D eigenvalue weighted by molar-refractivity contribution is 9.10. The molecule has 0 saturated heterocycles. The topological polar surface area (TPSA) is 55.1 Å². The normalized spacial score (nSPS) is 16.6. The fourth-order valence-electron chi connectivity index (χ4n) is 1.82. The van der Waals surface area contributed by atoms with E-state index in [1.54, 1.807) is 0 Å². The van der Waals surface area contributed by atoms with Gasteiger partial charge in [0, 0.05) is 23.5 Å². The van der Waals surface area contributed by atoms with Crippen LogP contribution in [0.1, 0.15) is 24.8 Å². The standard InChI is InChI=1S/C13H17BrN2O/c14-11-3-1-2-9(6-11)8-16-13(17)7-12(15)10-4-5-10/h1-3,6,10,12H,4-5,7-8,15H2,(H,16,17). The molecule has 0 heterocycles. The summed E-state index contributed by atoms with van der Waals surface area (Å²) in [5.74, 6) is 0.621. The molecule has 92 valence electrons. The van der Waals surface area contributed by atoms with E-state index >= 15 is 0 Å². The van der Waals surface area contributed by atoms with E-state index in [1.807, 2.05) is 24.3 Å². The first-order chi connectivity index (χ1) is 8.15. The van der Waals surface area contributed by atoms with Gasteiger partial charge in [0.05, 0.1) is 0 Å². The highest BCUT2D eigenvalue weighted by Gasteiger charge is 2.29. The second-order valence-electron chi connectivity index (χ2n) is 4.61. The molecule has 1 aliphatic rings. The number of hydrogen-bond acceptors (Lipinski definition) is 2. The Balaban J connectivity index is 1.75. The summed E-state index contributed by atoms with van der Waals surface area (Å²) >= 11 is 3.40. The lowest BCUT2D eigenvalue weighted by molar-refractivity contribution is -0.121. The first-order valence-electron chi connectivity index (χ1n) is 5.92. The summed E-state index contributed by atoms with van der Waals surface area (Å²) in [6.45, 7) is 0.565. The van der Waals surface area contributed by atoms with Crippen LogP contribution in [0.25, 0.3) is 0 Å². The lowest BCUT2D eigenvalue weighted by Gasteiger charge is -2.10. The molecule has 0 radical (unpaired) electrons. The van der Waals surface area contributed by atoms with Gasteiger partial charge >= 0.3 is 0 Å². The van der Waals surface area contributed by atoms with Crippen molar-refractivity contribution in [2.75, 3.05) is 0 Å². The Morgan fingerprint density at radius 1 is 1.53 bits per heavy atom. The Hall–Kier alpha value is -0.870. The zero-order valence-electron chi connectivity index (χ0n) is 9.66. The van der Waals surface area contributed by atoms with Crippen molar-refractivity contribution in [1.82, 2.24) is 5.32 Å².